The maximum Gasteiger partial charge on any atom is 0.424 e. The number of anilines is 1. The van der Waals surface area contributed by atoms with Gasteiger partial charge in [-0.3, -0.25) is 0 Å². The molecule has 7 nitrogen and oxygen atoms in total. The fourth-order valence-corrected chi connectivity index (χ4v) is 5.06. The van der Waals surface area contributed by atoms with Crippen LogP contribution in [0.3, 0.4) is 0 Å². The van der Waals surface area contributed by atoms with Gasteiger partial charge in [0.1, 0.15) is 17.1 Å². The third-order valence-electron chi connectivity index (χ3n) is 5.62. The summed E-state index contributed by atoms with van der Waals surface area (Å²) in [6.07, 6.45) is 5.56. The Morgan fingerprint density at radius 3 is 2.79 bits per heavy atom. The van der Waals surface area contributed by atoms with Gasteiger partial charge in [0.25, 0.3) is 0 Å². The predicted octanol–water partition coefficient (Wildman–Crippen LogP) is 5.70. The van der Waals surface area contributed by atoms with E-state index in [-0.39, 0.29) is 11.3 Å². The van der Waals surface area contributed by atoms with Crippen LogP contribution in [0.5, 0.6) is 5.75 Å². The second-order valence-corrected chi connectivity index (χ2v) is 9.23. The molecule has 180 valence electrons. The molecule has 1 heterocycles. The standard InChI is InChI=1S/C24H24FNO6S2/c1-29-23(27)21-19(8-7-17-18-12-15(18)13-31-22(17)21)26(24(28)30-2)34-20-9-6-16(25)11-14(20)5-4-10-32-33-3/h4-9,11,15,18H,10,12-13H2,1-3H3/b5-4-. The zero-order valence-corrected chi connectivity index (χ0v) is 20.5. The molecule has 1 saturated carbocycles. The van der Waals surface area contributed by atoms with Crippen molar-refractivity contribution in [3.8, 4) is 5.75 Å². The summed E-state index contributed by atoms with van der Waals surface area (Å²) in [7, 11) is 2.53. The highest BCUT2D eigenvalue weighted by Crippen LogP contribution is 2.56. The molecule has 4 rings (SSSR count). The summed E-state index contributed by atoms with van der Waals surface area (Å²) in [5.74, 6) is 0.201. The fraction of sp³-hybridized carbons (Fsp3) is 0.333. The molecule has 10 heteroatoms. The molecule has 34 heavy (non-hydrogen) atoms. The fourth-order valence-electron chi connectivity index (χ4n) is 3.89. The molecule has 0 radical (unpaired) electrons. The number of hydrogen-bond donors (Lipinski definition) is 0. The van der Waals surface area contributed by atoms with E-state index in [4.69, 9.17) is 18.4 Å². The Morgan fingerprint density at radius 1 is 1.24 bits per heavy atom. The van der Waals surface area contributed by atoms with Gasteiger partial charge in [0.05, 0.1) is 33.1 Å². The minimum atomic E-state index is -0.708. The van der Waals surface area contributed by atoms with Crippen molar-refractivity contribution in [2.75, 3.05) is 38.0 Å². The van der Waals surface area contributed by atoms with Gasteiger partial charge in [-0.15, -0.1) is 0 Å². The number of nitrogens with zero attached hydrogens (tertiary/aromatic N) is 1. The predicted molar refractivity (Wildman–Crippen MR) is 130 cm³/mol. The van der Waals surface area contributed by atoms with E-state index < -0.39 is 17.9 Å². The molecule has 2 unspecified atom stereocenters. The number of rotatable bonds is 8. The molecular weight excluding hydrogens is 481 g/mol. The van der Waals surface area contributed by atoms with Crippen LogP contribution in [0.25, 0.3) is 6.08 Å². The monoisotopic (exact) mass is 505 g/mol. The highest BCUT2D eigenvalue weighted by molar-refractivity contribution is 8.01. The Hall–Kier alpha value is -2.69. The third kappa shape index (κ3) is 5.03. The highest BCUT2D eigenvalue weighted by Gasteiger charge is 2.46. The lowest BCUT2D eigenvalue weighted by Crippen LogP contribution is -2.27. The van der Waals surface area contributed by atoms with Crippen molar-refractivity contribution in [2.24, 2.45) is 5.92 Å². The molecule has 2 aliphatic rings. The van der Waals surface area contributed by atoms with Gasteiger partial charge in [0.15, 0.2) is 0 Å². The number of halogens is 1. The Morgan fingerprint density at radius 2 is 2.06 bits per heavy atom. The number of carbonyl (C=O) groups is 2. The van der Waals surface area contributed by atoms with Crippen LogP contribution in [-0.2, 0) is 13.7 Å². The van der Waals surface area contributed by atoms with Crippen LogP contribution in [0.4, 0.5) is 14.9 Å². The SMILES string of the molecule is COC(=O)c1c(N(Sc2ccc(F)cc2/C=C\COSC)C(=O)OC)ccc2c1OCC1CC21. The molecule has 0 N–H and O–H groups in total. The van der Waals surface area contributed by atoms with Gasteiger partial charge in [0.2, 0.25) is 0 Å². The first-order valence-electron chi connectivity index (χ1n) is 10.5. The van der Waals surface area contributed by atoms with E-state index in [2.05, 4.69) is 0 Å². The molecule has 2 aromatic rings. The summed E-state index contributed by atoms with van der Waals surface area (Å²) >= 11 is 2.23. The molecule has 1 fully saturated rings. The quantitative estimate of drug-likeness (QED) is 0.196. The minimum Gasteiger partial charge on any atom is -0.492 e. The number of methoxy groups -OCH3 is 2. The minimum absolute atomic E-state index is 0.163. The Kier molecular flexibility index (Phi) is 7.70. The van der Waals surface area contributed by atoms with Crippen LogP contribution < -0.4 is 9.04 Å². The van der Waals surface area contributed by atoms with E-state index in [0.29, 0.717) is 41.3 Å². The van der Waals surface area contributed by atoms with E-state index in [1.54, 1.807) is 30.5 Å². The smallest absolute Gasteiger partial charge is 0.424 e. The zero-order valence-electron chi connectivity index (χ0n) is 18.9. The number of fused-ring (bicyclic) bond motifs is 3. The third-order valence-corrected chi connectivity index (χ3v) is 7.09. The van der Waals surface area contributed by atoms with Crippen molar-refractivity contribution >= 4 is 47.8 Å². The number of carbonyl (C=O) groups excluding carboxylic acids is 2. The summed E-state index contributed by atoms with van der Waals surface area (Å²) in [6, 6.07) is 7.80. The average molecular weight is 506 g/mol. The van der Waals surface area contributed by atoms with Gasteiger partial charge in [0, 0.05) is 17.1 Å². The van der Waals surface area contributed by atoms with Crippen molar-refractivity contribution in [3.05, 3.63) is 58.9 Å². The summed E-state index contributed by atoms with van der Waals surface area (Å²) < 4.78 is 36.5. The molecule has 0 bridgehead atoms. The normalized spacial score (nSPS) is 18.0. The lowest BCUT2D eigenvalue weighted by Gasteiger charge is -2.26. The lowest BCUT2D eigenvalue weighted by atomic mass is 10.00. The Balaban J connectivity index is 1.75. The summed E-state index contributed by atoms with van der Waals surface area (Å²) in [4.78, 5) is 26.3. The van der Waals surface area contributed by atoms with Crippen LogP contribution >= 0.6 is 24.0 Å². The zero-order chi connectivity index (χ0) is 24.2. The Labute approximate surface area is 205 Å². The van der Waals surface area contributed by atoms with E-state index in [0.717, 1.165) is 23.9 Å². The van der Waals surface area contributed by atoms with E-state index >= 15 is 0 Å². The van der Waals surface area contributed by atoms with Gasteiger partial charge >= 0.3 is 12.1 Å². The summed E-state index contributed by atoms with van der Waals surface area (Å²) in [6.45, 7) is 0.848. The molecule has 0 spiro atoms. The largest absolute Gasteiger partial charge is 0.492 e. The number of ether oxygens (including phenoxy) is 3. The molecular formula is C24H24FNO6S2. The van der Waals surface area contributed by atoms with Gasteiger partial charge in [-0.2, -0.15) is 0 Å². The molecule has 2 atom stereocenters. The Bertz CT molecular complexity index is 1120. The molecule has 0 saturated heterocycles. The van der Waals surface area contributed by atoms with Crippen LogP contribution in [0, 0.1) is 11.7 Å². The molecule has 1 amide bonds. The first-order valence-corrected chi connectivity index (χ1v) is 12.5. The van der Waals surface area contributed by atoms with Crippen molar-refractivity contribution in [1.29, 1.82) is 0 Å². The molecule has 0 aromatic heterocycles. The van der Waals surface area contributed by atoms with Gasteiger partial charge < -0.3 is 18.4 Å². The van der Waals surface area contributed by atoms with Crippen molar-refractivity contribution in [2.45, 2.75) is 17.2 Å². The molecule has 2 aromatic carbocycles. The number of hydrogen-bond acceptors (Lipinski definition) is 8. The van der Waals surface area contributed by atoms with Gasteiger partial charge in [-0.25, -0.2) is 18.3 Å². The summed E-state index contributed by atoms with van der Waals surface area (Å²) in [5.41, 5.74) is 1.91. The van der Waals surface area contributed by atoms with Crippen LogP contribution in [0.15, 0.2) is 41.3 Å². The summed E-state index contributed by atoms with van der Waals surface area (Å²) in [5, 5.41) is 0. The van der Waals surface area contributed by atoms with E-state index in [1.165, 1.54) is 42.7 Å². The second kappa shape index (κ2) is 10.7. The van der Waals surface area contributed by atoms with Gasteiger partial charge in [-0.1, -0.05) is 18.2 Å². The maximum absolute atomic E-state index is 14.0. The van der Waals surface area contributed by atoms with Crippen LogP contribution in [-0.4, -0.2) is 45.8 Å². The molecule has 1 aliphatic carbocycles. The van der Waals surface area contributed by atoms with Crippen molar-refractivity contribution < 1.29 is 32.4 Å². The first-order chi connectivity index (χ1) is 16.5. The van der Waals surface area contributed by atoms with Crippen molar-refractivity contribution in [3.63, 3.8) is 0 Å². The number of esters is 1. The lowest BCUT2D eigenvalue weighted by molar-refractivity contribution is 0.0596. The highest BCUT2D eigenvalue weighted by atomic mass is 32.2. The second-order valence-electron chi connectivity index (χ2n) is 7.67. The van der Waals surface area contributed by atoms with Crippen molar-refractivity contribution in [1.82, 2.24) is 0 Å². The van der Waals surface area contributed by atoms with E-state index in [1.807, 2.05) is 6.07 Å². The molecule has 1 aliphatic heterocycles. The van der Waals surface area contributed by atoms with Gasteiger partial charge in [-0.05, 0) is 71.7 Å². The average Bonchev–Trinajstić information content (AvgIpc) is 3.65. The van der Waals surface area contributed by atoms with Crippen LogP contribution in [0.1, 0.15) is 33.8 Å². The number of amides is 1. The van der Waals surface area contributed by atoms with E-state index in [9.17, 15) is 14.0 Å². The number of benzene rings is 2. The first kappa shape index (κ1) is 24.4. The maximum atomic E-state index is 14.0. The van der Waals surface area contributed by atoms with Crippen LogP contribution in [0.2, 0.25) is 0 Å². The topological polar surface area (TPSA) is 74.3 Å².